The maximum Gasteiger partial charge on any atom is 0.251 e. The molecule has 0 aliphatic rings. The van der Waals surface area contributed by atoms with Crippen LogP contribution in [0, 0.1) is 13.8 Å². The van der Waals surface area contributed by atoms with Gasteiger partial charge in [0.15, 0.2) is 0 Å². The molecule has 1 aromatic heterocycles. The molecule has 21 heavy (non-hydrogen) atoms. The number of aromatic nitrogens is 2. The van der Waals surface area contributed by atoms with Crippen LogP contribution in [0.25, 0.3) is 0 Å². The van der Waals surface area contributed by atoms with Crippen molar-refractivity contribution in [3.8, 4) is 0 Å². The fourth-order valence-corrected chi connectivity index (χ4v) is 2.06. The highest BCUT2D eigenvalue weighted by Crippen LogP contribution is 2.09. The molecule has 0 aliphatic carbocycles. The molecule has 3 N–H and O–H groups in total. The van der Waals surface area contributed by atoms with Crippen LogP contribution in [0.1, 0.15) is 27.3 Å². The van der Waals surface area contributed by atoms with Gasteiger partial charge < -0.3 is 11.1 Å². The molecular weight excluding hydrogens is 288 g/mol. The average molecular weight is 309 g/mol. The monoisotopic (exact) mass is 308 g/mol. The molecule has 114 valence electrons. The summed E-state index contributed by atoms with van der Waals surface area (Å²) in [6, 6.07) is 9.61. The van der Waals surface area contributed by atoms with Crippen molar-refractivity contribution in [1.29, 1.82) is 0 Å². The van der Waals surface area contributed by atoms with Crippen molar-refractivity contribution in [2.75, 3.05) is 13.1 Å². The van der Waals surface area contributed by atoms with Crippen LogP contribution in [0.4, 0.5) is 0 Å². The van der Waals surface area contributed by atoms with Crippen molar-refractivity contribution >= 4 is 18.3 Å². The zero-order chi connectivity index (χ0) is 14.5. The SMILES string of the molecule is Cc1cc(C)n(Cc2ccc(C(=O)NCCN)cc2)n1.Cl. The molecule has 2 rings (SSSR count). The number of benzene rings is 1. The minimum Gasteiger partial charge on any atom is -0.351 e. The van der Waals surface area contributed by atoms with Gasteiger partial charge in [0.2, 0.25) is 0 Å². The summed E-state index contributed by atoms with van der Waals surface area (Å²) >= 11 is 0. The van der Waals surface area contributed by atoms with Crippen LogP contribution < -0.4 is 11.1 Å². The van der Waals surface area contributed by atoms with Crippen molar-refractivity contribution < 1.29 is 4.79 Å². The maximum absolute atomic E-state index is 11.7. The van der Waals surface area contributed by atoms with Crippen LogP contribution in [-0.4, -0.2) is 28.8 Å². The number of carbonyl (C=O) groups excluding carboxylic acids is 1. The number of nitrogens with two attached hydrogens (primary N) is 1. The average Bonchev–Trinajstić information content (AvgIpc) is 2.75. The zero-order valence-corrected chi connectivity index (χ0v) is 13.1. The molecule has 0 saturated heterocycles. The minimum atomic E-state index is -0.0897. The Morgan fingerprint density at radius 3 is 2.48 bits per heavy atom. The number of amides is 1. The molecule has 5 nitrogen and oxygen atoms in total. The van der Waals surface area contributed by atoms with E-state index in [2.05, 4.69) is 16.5 Å². The van der Waals surface area contributed by atoms with Crippen LogP contribution in [0.15, 0.2) is 30.3 Å². The number of rotatable bonds is 5. The Balaban J connectivity index is 0.00000220. The summed E-state index contributed by atoms with van der Waals surface area (Å²) < 4.78 is 1.96. The van der Waals surface area contributed by atoms with Gasteiger partial charge in [0.05, 0.1) is 12.2 Å². The van der Waals surface area contributed by atoms with Gasteiger partial charge in [-0.3, -0.25) is 9.48 Å². The van der Waals surface area contributed by atoms with E-state index in [0.29, 0.717) is 25.2 Å². The predicted molar refractivity (Wildman–Crippen MR) is 85.9 cm³/mol. The molecular formula is C15H21ClN4O. The molecule has 0 fully saturated rings. The van der Waals surface area contributed by atoms with Crippen molar-refractivity contribution in [1.82, 2.24) is 15.1 Å². The van der Waals surface area contributed by atoms with Gasteiger partial charge in [-0.05, 0) is 37.6 Å². The van der Waals surface area contributed by atoms with Crippen LogP contribution >= 0.6 is 12.4 Å². The zero-order valence-electron chi connectivity index (χ0n) is 12.3. The van der Waals surface area contributed by atoms with Crippen molar-refractivity contribution in [2.24, 2.45) is 5.73 Å². The van der Waals surface area contributed by atoms with E-state index in [-0.39, 0.29) is 18.3 Å². The number of hydrogen-bond donors (Lipinski definition) is 2. The van der Waals surface area contributed by atoms with E-state index in [9.17, 15) is 4.79 Å². The smallest absolute Gasteiger partial charge is 0.251 e. The van der Waals surface area contributed by atoms with E-state index in [1.54, 1.807) is 0 Å². The quantitative estimate of drug-likeness (QED) is 0.882. The number of hydrogen-bond acceptors (Lipinski definition) is 3. The molecule has 1 aromatic carbocycles. The van der Waals surface area contributed by atoms with E-state index in [0.717, 1.165) is 17.0 Å². The van der Waals surface area contributed by atoms with E-state index in [1.165, 1.54) is 0 Å². The fraction of sp³-hybridized carbons (Fsp3) is 0.333. The summed E-state index contributed by atoms with van der Waals surface area (Å²) in [7, 11) is 0. The summed E-state index contributed by atoms with van der Waals surface area (Å²) in [4.78, 5) is 11.7. The number of nitrogens with zero attached hydrogens (tertiary/aromatic N) is 2. The number of nitrogens with one attached hydrogen (secondary N) is 1. The Morgan fingerprint density at radius 2 is 1.95 bits per heavy atom. The molecule has 0 spiro atoms. The highest BCUT2D eigenvalue weighted by atomic mass is 35.5. The van der Waals surface area contributed by atoms with Gasteiger partial charge in [0.25, 0.3) is 5.91 Å². The lowest BCUT2D eigenvalue weighted by atomic mass is 10.1. The van der Waals surface area contributed by atoms with Crippen molar-refractivity contribution in [2.45, 2.75) is 20.4 Å². The van der Waals surface area contributed by atoms with Crippen molar-refractivity contribution in [3.05, 3.63) is 52.8 Å². The first-order chi connectivity index (χ1) is 9.60. The first kappa shape index (κ1) is 17.2. The largest absolute Gasteiger partial charge is 0.351 e. The van der Waals surface area contributed by atoms with E-state index < -0.39 is 0 Å². The molecule has 0 atom stereocenters. The topological polar surface area (TPSA) is 72.9 Å². The third-order valence-corrected chi connectivity index (χ3v) is 3.08. The molecule has 2 aromatic rings. The predicted octanol–water partition coefficient (Wildman–Crippen LogP) is 1.66. The number of halogens is 1. The highest BCUT2D eigenvalue weighted by Gasteiger charge is 2.05. The van der Waals surface area contributed by atoms with E-state index in [1.807, 2.05) is 42.8 Å². The molecule has 0 bridgehead atoms. The number of carbonyl (C=O) groups is 1. The lowest BCUT2D eigenvalue weighted by molar-refractivity contribution is 0.0955. The summed E-state index contributed by atoms with van der Waals surface area (Å²) in [5.41, 5.74) is 9.27. The first-order valence-electron chi connectivity index (χ1n) is 6.68. The van der Waals surface area contributed by atoms with Crippen LogP contribution in [-0.2, 0) is 6.54 Å². The molecule has 0 saturated carbocycles. The Bertz CT molecular complexity index is 592. The van der Waals surface area contributed by atoms with Crippen molar-refractivity contribution in [3.63, 3.8) is 0 Å². The summed E-state index contributed by atoms with van der Waals surface area (Å²) in [5, 5.41) is 7.18. The van der Waals surface area contributed by atoms with Gasteiger partial charge in [0.1, 0.15) is 0 Å². The number of aryl methyl sites for hydroxylation is 2. The molecule has 1 heterocycles. The van der Waals surface area contributed by atoms with Gasteiger partial charge >= 0.3 is 0 Å². The Kier molecular flexibility index (Phi) is 6.39. The lowest BCUT2D eigenvalue weighted by Gasteiger charge is -2.07. The molecule has 6 heteroatoms. The molecule has 0 unspecified atom stereocenters. The highest BCUT2D eigenvalue weighted by molar-refractivity contribution is 5.94. The molecule has 0 aliphatic heterocycles. The minimum absolute atomic E-state index is 0. The summed E-state index contributed by atoms with van der Waals surface area (Å²) in [6.07, 6.45) is 0. The summed E-state index contributed by atoms with van der Waals surface area (Å²) in [6.45, 7) is 5.67. The summed E-state index contributed by atoms with van der Waals surface area (Å²) in [5.74, 6) is -0.0897. The Labute approximate surface area is 130 Å². The Hall–Kier alpha value is -1.85. The fourth-order valence-electron chi connectivity index (χ4n) is 2.06. The molecule has 0 radical (unpaired) electrons. The third kappa shape index (κ3) is 4.58. The van der Waals surface area contributed by atoms with Crippen LogP contribution in [0.3, 0.4) is 0 Å². The van der Waals surface area contributed by atoms with Crippen LogP contribution in [0.2, 0.25) is 0 Å². The third-order valence-electron chi connectivity index (χ3n) is 3.08. The Morgan fingerprint density at radius 1 is 1.29 bits per heavy atom. The second-order valence-electron chi connectivity index (χ2n) is 4.83. The van der Waals surface area contributed by atoms with Gasteiger partial charge in [-0.2, -0.15) is 5.10 Å². The van der Waals surface area contributed by atoms with Gasteiger partial charge in [-0.15, -0.1) is 12.4 Å². The molecule has 1 amide bonds. The van der Waals surface area contributed by atoms with Crippen LogP contribution in [0.5, 0.6) is 0 Å². The second kappa shape index (κ2) is 7.81. The maximum atomic E-state index is 11.7. The first-order valence-corrected chi connectivity index (χ1v) is 6.68. The second-order valence-corrected chi connectivity index (χ2v) is 4.83. The van der Waals surface area contributed by atoms with E-state index in [4.69, 9.17) is 5.73 Å². The van der Waals surface area contributed by atoms with E-state index >= 15 is 0 Å². The lowest BCUT2D eigenvalue weighted by Crippen LogP contribution is -2.28. The standard InChI is InChI=1S/C15H20N4O.ClH/c1-11-9-12(2)19(18-11)10-13-3-5-14(6-4-13)15(20)17-8-7-16;/h3-6,9H,7-8,10,16H2,1-2H3,(H,17,20);1H. The normalized spacial score (nSPS) is 10.0. The van der Waals surface area contributed by atoms with Gasteiger partial charge in [-0.1, -0.05) is 12.1 Å². The van der Waals surface area contributed by atoms with Gasteiger partial charge in [-0.25, -0.2) is 0 Å². The van der Waals surface area contributed by atoms with Gasteiger partial charge in [0, 0.05) is 24.3 Å².